The van der Waals surface area contributed by atoms with E-state index in [1.807, 2.05) is 6.92 Å². The van der Waals surface area contributed by atoms with E-state index >= 15 is 0 Å². The van der Waals surface area contributed by atoms with Crippen LogP contribution in [0.2, 0.25) is 0 Å². The molecule has 2 N–H and O–H groups in total. The molecule has 0 rings (SSSR count). The summed E-state index contributed by atoms with van der Waals surface area (Å²) in [6.45, 7) is 5.46. The van der Waals surface area contributed by atoms with Gasteiger partial charge in [0.15, 0.2) is 0 Å². The smallest absolute Gasteiger partial charge is 0.220 e. The summed E-state index contributed by atoms with van der Waals surface area (Å²) in [6, 6.07) is 0. The molecule has 4 nitrogen and oxygen atoms in total. The number of rotatable bonds is 24. The second-order valence-corrected chi connectivity index (χ2v) is 10.2. The van der Waals surface area contributed by atoms with Crippen molar-refractivity contribution >= 4 is 29.5 Å². The third kappa shape index (κ3) is 36.7. The molecule has 0 aliphatic rings. The fraction of sp³-hybridized carbons (Fsp3) is 0.963. The molecule has 33 heavy (non-hydrogen) atoms. The molecule has 0 saturated carbocycles. The van der Waals surface area contributed by atoms with Crippen molar-refractivity contribution in [3.05, 3.63) is 0 Å². The molecule has 0 fully saturated rings. The van der Waals surface area contributed by atoms with Crippen molar-refractivity contribution < 1.29 is 9.90 Å². The van der Waals surface area contributed by atoms with Gasteiger partial charge >= 0.3 is 0 Å². The predicted octanol–water partition coefficient (Wildman–Crippen LogP) is 8.92. The van der Waals surface area contributed by atoms with Gasteiger partial charge in [0.2, 0.25) is 5.91 Å². The molecule has 6 heteroatoms. The van der Waals surface area contributed by atoms with Crippen LogP contribution in [-0.2, 0) is 4.79 Å². The summed E-state index contributed by atoms with van der Waals surface area (Å²) in [6.07, 6.45) is 27.7. The van der Waals surface area contributed by atoms with Crippen LogP contribution in [0.1, 0.15) is 149 Å². The van der Waals surface area contributed by atoms with Crippen LogP contribution in [0.4, 0.5) is 0 Å². The van der Waals surface area contributed by atoms with Gasteiger partial charge in [-0.2, -0.15) is 0 Å². The van der Waals surface area contributed by atoms with Crippen molar-refractivity contribution in [2.45, 2.75) is 149 Å². The van der Waals surface area contributed by atoms with E-state index in [0.29, 0.717) is 13.0 Å². The summed E-state index contributed by atoms with van der Waals surface area (Å²) in [5, 5.41) is 11.3. The number of carbonyl (C=O) groups excluding carboxylic acids is 1. The number of halogens is 2. The standard InChI is InChI=1S/C24H49NO2.C3H7Cl2N/c1-2-3-4-5-6-7-8-9-10-11-12-13-14-15-16-17-18-19-20-21-24(27)25-22-23-26;1-2-3-6(4)5/h26H,2-23H2,1H3,(H,25,27);2-3H2,1H3. The minimum absolute atomic E-state index is 0.0327. The topological polar surface area (TPSA) is 52.6 Å². The highest BCUT2D eigenvalue weighted by Gasteiger charge is 2.00. The molecule has 0 atom stereocenters. The Labute approximate surface area is 216 Å². The monoisotopic (exact) mass is 510 g/mol. The van der Waals surface area contributed by atoms with E-state index in [1.165, 1.54) is 109 Å². The zero-order valence-electron chi connectivity index (χ0n) is 22.0. The van der Waals surface area contributed by atoms with E-state index in [-0.39, 0.29) is 12.5 Å². The minimum Gasteiger partial charge on any atom is -0.395 e. The molecule has 0 aromatic rings. The Bertz CT molecular complexity index is 372. The number of hydrogen-bond acceptors (Lipinski definition) is 3. The van der Waals surface area contributed by atoms with Gasteiger partial charge in [-0.25, -0.2) is 0 Å². The summed E-state index contributed by atoms with van der Waals surface area (Å²) in [7, 11) is 0. The number of unbranched alkanes of at least 4 members (excludes halogenated alkanes) is 18. The van der Waals surface area contributed by atoms with Crippen molar-refractivity contribution in [3.8, 4) is 0 Å². The van der Waals surface area contributed by atoms with Gasteiger partial charge < -0.3 is 10.4 Å². The molecular formula is C27H56Cl2N2O2. The van der Waals surface area contributed by atoms with Gasteiger partial charge in [0.1, 0.15) is 0 Å². The van der Waals surface area contributed by atoms with Crippen LogP contribution in [0.3, 0.4) is 0 Å². The summed E-state index contributed by atoms with van der Waals surface area (Å²) < 4.78 is 1.13. The second kappa shape index (κ2) is 32.0. The van der Waals surface area contributed by atoms with Crippen molar-refractivity contribution in [3.63, 3.8) is 0 Å². The molecule has 0 spiro atoms. The van der Waals surface area contributed by atoms with Crippen LogP contribution in [-0.4, -0.2) is 34.6 Å². The fourth-order valence-corrected chi connectivity index (χ4v) is 4.15. The zero-order valence-corrected chi connectivity index (χ0v) is 23.5. The van der Waals surface area contributed by atoms with Crippen LogP contribution in [0, 0.1) is 0 Å². The second-order valence-electron chi connectivity index (χ2n) is 9.21. The maximum absolute atomic E-state index is 11.4. The van der Waals surface area contributed by atoms with Crippen molar-refractivity contribution in [1.29, 1.82) is 0 Å². The van der Waals surface area contributed by atoms with Gasteiger partial charge in [-0.15, -0.1) is 3.94 Å². The maximum atomic E-state index is 11.4. The molecule has 0 aliphatic heterocycles. The number of nitrogens with one attached hydrogen (secondary N) is 1. The molecule has 200 valence electrons. The summed E-state index contributed by atoms with van der Waals surface area (Å²) in [4.78, 5) is 11.4. The van der Waals surface area contributed by atoms with E-state index in [9.17, 15) is 4.79 Å². The molecular weight excluding hydrogens is 455 g/mol. The Morgan fingerprint density at radius 1 is 0.636 bits per heavy atom. The number of aliphatic hydroxyl groups is 1. The number of amides is 1. The average Bonchev–Trinajstić information content (AvgIpc) is 2.79. The highest BCUT2D eigenvalue weighted by Crippen LogP contribution is 2.14. The van der Waals surface area contributed by atoms with E-state index < -0.39 is 0 Å². The third-order valence-electron chi connectivity index (χ3n) is 5.83. The lowest BCUT2D eigenvalue weighted by Gasteiger charge is -2.04. The Hall–Kier alpha value is -0.0300. The van der Waals surface area contributed by atoms with Crippen molar-refractivity contribution in [2.75, 3.05) is 19.7 Å². The lowest BCUT2D eigenvalue weighted by Crippen LogP contribution is -2.25. The zero-order chi connectivity index (χ0) is 24.8. The molecule has 0 saturated heterocycles. The Kier molecular flexibility index (Phi) is 34.0. The van der Waals surface area contributed by atoms with Gasteiger partial charge in [-0.3, -0.25) is 4.79 Å². The van der Waals surface area contributed by atoms with Crippen LogP contribution >= 0.6 is 23.6 Å². The van der Waals surface area contributed by atoms with Gasteiger partial charge in [-0.1, -0.05) is 129 Å². The lowest BCUT2D eigenvalue weighted by molar-refractivity contribution is -0.121. The number of hydrogen-bond donors (Lipinski definition) is 2. The SMILES string of the molecule is CCCCCCCCCCCCCCCCCCCCCC(=O)NCCO.CCCN(Cl)Cl. The first-order valence-corrected chi connectivity index (χ1v) is 14.7. The maximum Gasteiger partial charge on any atom is 0.220 e. The van der Waals surface area contributed by atoms with Gasteiger partial charge in [0.25, 0.3) is 0 Å². The quantitative estimate of drug-likeness (QED) is 0.100. The van der Waals surface area contributed by atoms with E-state index in [0.717, 1.165) is 29.7 Å². The first kappa shape index (κ1) is 35.1. The van der Waals surface area contributed by atoms with E-state index in [4.69, 9.17) is 28.7 Å². The normalized spacial score (nSPS) is 10.8. The van der Waals surface area contributed by atoms with Crippen molar-refractivity contribution in [1.82, 2.24) is 9.25 Å². The lowest BCUT2D eigenvalue weighted by atomic mass is 10.0. The van der Waals surface area contributed by atoms with Crippen LogP contribution < -0.4 is 5.32 Å². The highest BCUT2D eigenvalue weighted by atomic mass is 35.5. The van der Waals surface area contributed by atoms with Crippen molar-refractivity contribution in [2.24, 2.45) is 0 Å². The Morgan fingerprint density at radius 3 is 1.27 bits per heavy atom. The average molecular weight is 512 g/mol. The molecule has 0 unspecified atom stereocenters. The molecule has 0 heterocycles. The largest absolute Gasteiger partial charge is 0.395 e. The highest BCUT2D eigenvalue weighted by molar-refractivity contribution is 6.33. The first-order valence-electron chi connectivity index (χ1n) is 14.0. The molecule has 0 aliphatic carbocycles. The first-order chi connectivity index (χ1) is 16.1. The van der Waals surface area contributed by atoms with Crippen LogP contribution in [0.5, 0.6) is 0 Å². The fourth-order valence-electron chi connectivity index (χ4n) is 3.82. The van der Waals surface area contributed by atoms with Crippen LogP contribution in [0.25, 0.3) is 0 Å². The molecule has 0 radical (unpaired) electrons. The van der Waals surface area contributed by atoms with Gasteiger partial charge in [-0.05, 0) is 36.4 Å². The predicted molar refractivity (Wildman–Crippen MR) is 147 cm³/mol. The van der Waals surface area contributed by atoms with Crippen LogP contribution in [0.15, 0.2) is 0 Å². The number of nitrogens with zero attached hydrogens (tertiary/aromatic N) is 1. The minimum atomic E-state index is 0.0327. The van der Waals surface area contributed by atoms with Gasteiger partial charge in [0, 0.05) is 19.5 Å². The molecule has 0 bridgehead atoms. The number of aliphatic hydroxyl groups excluding tert-OH is 1. The summed E-state index contributed by atoms with van der Waals surface area (Å²) in [5.74, 6) is 0.0797. The third-order valence-corrected chi connectivity index (χ3v) is 6.17. The molecule has 0 aromatic carbocycles. The van der Waals surface area contributed by atoms with E-state index in [1.54, 1.807) is 0 Å². The summed E-state index contributed by atoms with van der Waals surface area (Å²) >= 11 is 10.4. The number of carbonyl (C=O) groups is 1. The molecule has 1 amide bonds. The molecule has 0 aromatic heterocycles. The van der Waals surface area contributed by atoms with E-state index in [2.05, 4.69) is 12.2 Å². The Balaban J connectivity index is 0. The summed E-state index contributed by atoms with van der Waals surface area (Å²) in [5.41, 5.74) is 0. The Morgan fingerprint density at radius 2 is 1.00 bits per heavy atom. The van der Waals surface area contributed by atoms with Gasteiger partial charge in [0.05, 0.1) is 6.61 Å².